The van der Waals surface area contributed by atoms with Crippen LogP contribution in [0.25, 0.3) is 0 Å². The van der Waals surface area contributed by atoms with E-state index in [1.807, 2.05) is 42.5 Å². The van der Waals surface area contributed by atoms with E-state index in [0.29, 0.717) is 12.1 Å². The Morgan fingerprint density at radius 1 is 1.19 bits per heavy atom. The van der Waals surface area contributed by atoms with Gasteiger partial charge in [0.05, 0.1) is 5.69 Å². The summed E-state index contributed by atoms with van der Waals surface area (Å²) in [4.78, 5) is 13.3. The second kappa shape index (κ2) is 7.67. The van der Waals surface area contributed by atoms with Crippen LogP contribution in [0.5, 0.6) is 0 Å². The Bertz CT molecular complexity index is 623. The van der Waals surface area contributed by atoms with Crippen molar-refractivity contribution in [1.82, 2.24) is 0 Å². The normalized spacial score (nSPS) is 10.1. The predicted molar refractivity (Wildman–Crippen MR) is 89.6 cm³/mol. The number of carbonyl (C=O) groups is 1. The third kappa shape index (κ3) is 4.21. The third-order valence-corrected chi connectivity index (χ3v) is 4.01. The highest BCUT2D eigenvalue weighted by Gasteiger charge is 2.08. The maximum atomic E-state index is 12.3. The third-order valence-electron chi connectivity index (χ3n) is 2.94. The Morgan fingerprint density at radius 3 is 2.57 bits per heavy atom. The fraction of sp³-hybridized carbons (Fsp3) is 0.118. The first-order valence-electron chi connectivity index (χ1n) is 6.67. The fourth-order valence-electron chi connectivity index (χ4n) is 1.83. The first-order valence-corrected chi connectivity index (χ1v) is 7.66. The summed E-state index contributed by atoms with van der Waals surface area (Å²) in [5.74, 6) is 0.683. The van der Waals surface area contributed by atoms with Crippen molar-refractivity contribution in [1.29, 1.82) is 0 Å². The molecular formula is C17H18N2OS. The minimum absolute atomic E-state index is 0.120. The van der Waals surface area contributed by atoms with Gasteiger partial charge in [0, 0.05) is 22.8 Å². The predicted octanol–water partition coefficient (Wildman–Crippen LogP) is 3.68. The van der Waals surface area contributed by atoms with Crippen LogP contribution in [-0.4, -0.2) is 11.7 Å². The van der Waals surface area contributed by atoms with E-state index in [1.165, 1.54) is 0 Å². The molecule has 21 heavy (non-hydrogen) atoms. The lowest BCUT2D eigenvalue weighted by atomic mass is 10.1. The van der Waals surface area contributed by atoms with Crippen LogP contribution in [0.3, 0.4) is 0 Å². The maximum absolute atomic E-state index is 12.3. The average Bonchev–Trinajstić information content (AvgIpc) is 2.54. The van der Waals surface area contributed by atoms with Crippen molar-refractivity contribution in [3.05, 3.63) is 72.3 Å². The number of nitrogens with two attached hydrogens (primary N) is 1. The van der Waals surface area contributed by atoms with Crippen molar-refractivity contribution in [2.24, 2.45) is 5.73 Å². The van der Waals surface area contributed by atoms with Gasteiger partial charge in [0.15, 0.2) is 0 Å². The number of hydrogen-bond donors (Lipinski definition) is 2. The van der Waals surface area contributed by atoms with E-state index in [9.17, 15) is 4.79 Å². The molecule has 0 fully saturated rings. The maximum Gasteiger partial charge on any atom is 0.255 e. The van der Waals surface area contributed by atoms with Crippen LogP contribution < -0.4 is 11.1 Å². The number of anilines is 1. The minimum Gasteiger partial charge on any atom is -0.326 e. The summed E-state index contributed by atoms with van der Waals surface area (Å²) in [7, 11) is 0. The van der Waals surface area contributed by atoms with Gasteiger partial charge >= 0.3 is 0 Å². The molecule has 0 saturated carbocycles. The highest BCUT2D eigenvalue weighted by Crippen LogP contribution is 2.27. The van der Waals surface area contributed by atoms with Gasteiger partial charge in [-0.05, 0) is 29.8 Å². The van der Waals surface area contributed by atoms with Crippen molar-refractivity contribution < 1.29 is 4.79 Å². The molecule has 4 heteroatoms. The monoisotopic (exact) mass is 298 g/mol. The molecule has 0 unspecified atom stereocenters. The molecule has 0 aliphatic carbocycles. The first kappa shape index (κ1) is 15.4. The summed E-state index contributed by atoms with van der Waals surface area (Å²) in [6, 6.07) is 15.1. The number of hydrogen-bond acceptors (Lipinski definition) is 3. The van der Waals surface area contributed by atoms with E-state index < -0.39 is 0 Å². The summed E-state index contributed by atoms with van der Waals surface area (Å²) < 4.78 is 0. The van der Waals surface area contributed by atoms with E-state index in [4.69, 9.17) is 5.73 Å². The van der Waals surface area contributed by atoms with E-state index in [1.54, 1.807) is 23.9 Å². The smallest absolute Gasteiger partial charge is 0.255 e. The summed E-state index contributed by atoms with van der Waals surface area (Å²) >= 11 is 1.64. The van der Waals surface area contributed by atoms with Gasteiger partial charge in [-0.1, -0.05) is 30.3 Å². The number of nitrogens with one attached hydrogen (secondary N) is 1. The Labute approximate surface area is 129 Å². The Kier molecular flexibility index (Phi) is 5.60. The number of benzene rings is 2. The zero-order chi connectivity index (χ0) is 15.1. The van der Waals surface area contributed by atoms with Gasteiger partial charge in [-0.2, -0.15) is 0 Å². The molecule has 0 atom stereocenters. The van der Waals surface area contributed by atoms with E-state index in [-0.39, 0.29) is 5.91 Å². The van der Waals surface area contributed by atoms with Gasteiger partial charge in [-0.25, -0.2) is 0 Å². The molecule has 0 aliphatic heterocycles. The molecular weight excluding hydrogens is 280 g/mol. The molecule has 0 aliphatic rings. The molecule has 0 saturated heterocycles. The van der Waals surface area contributed by atoms with Gasteiger partial charge < -0.3 is 11.1 Å². The number of rotatable bonds is 6. The topological polar surface area (TPSA) is 55.1 Å². The number of thioether (sulfide) groups is 1. The highest BCUT2D eigenvalue weighted by atomic mass is 32.2. The Hall–Kier alpha value is -2.04. The number of carbonyl (C=O) groups excluding carboxylic acids is 1. The summed E-state index contributed by atoms with van der Waals surface area (Å²) in [5, 5.41) is 2.95. The molecule has 2 aromatic rings. The second-order valence-corrected chi connectivity index (χ2v) is 5.51. The number of amides is 1. The van der Waals surface area contributed by atoms with E-state index >= 15 is 0 Å². The largest absolute Gasteiger partial charge is 0.326 e. The van der Waals surface area contributed by atoms with Crippen molar-refractivity contribution >= 4 is 23.4 Å². The molecule has 1 amide bonds. The molecule has 0 spiro atoms. The van der Waals surface area contributed by atoms with E-state index in [0.717, 1.165) is 21.9 Å². The summed E-state index contributed by atoms with van der Waals surface area (Å²) in [6.07, 6.45) is 1.84. The quantitative estimate of drug-likeness (QED) is 0.632. The lowest BCUT2D eigenvalue weighted by Gasteiger charge is -2.10. The van der Waals surface area contributed by atoms with Gasteiger partial charge in [0.2, 0.25) is 0 Å². The van der Waals surface area contributed by atoms with Crippen LogP contribution in [-0.2, 0) is 6.54 Å². The Balaban J connectivity index is 2.13. The SMILES string of the molecule is C=CCSc1ccccc1NC(=O)c1ccc(CN)cc1. The average molecular weight is 298 g/mol. The fourth-order valence-corrected chi connectivity index (χ4v) is 2.58. The highest BCUT2D eigenvalue weighted by molar-refractivity contribution is 7.99. The van der Waals surface area contributed by atoms with Gasteiger partial charge in [0.25, 0.3) is 5.91 Å². The lowest BCUT2D eigenvalue weighted by Crippen LogP contribution is -2.12. The second-order valence-electron chi connectivity index (χ2n) is 4.45. The zero-order valence-corrected chi connectivity index (χ0v) is 12.5. The first-order chi connectivity index (χ1) is 10.2. The Morgan fingerprint density at radius 2 is 1.90 bits per heavy atom. The molecule has 0 heterocycles. The molecule has 2 aromatic carbocycles. The van der Waals surface area contributed by atoms with Crippen LogP contribution in [0.2, 0.25) is 0 Å². The van der Waals surface area contributed by atoms with Crippen molar-refractivity contribution in [3.63, 3.8) is 0 Å². The van der Waals surface area contributed by atoms with Crippen molar-refractivity contribution in [2.45, 2.75) is 11.4 Å². The molecule has 3 nitrogen and oxygen atoms in total. The summed E-state index contributed by atoms with van der Waals surface area (Å²) in [5.41, 5.74) is 8.00. The molecule has 0 bridgehead atoms. The molecule has 108 valence electrons. The van der Waals surface area contributed by atoms with E-state index in [2.05, 4.69) is 11.9 Å². The van der Waals surface area contributed by atoms with Crippen molar-refractivity contribution in [2.75, 3.05) is 11.1 Å². The molecule has 0 radical (unpaired) electrons. The number of para-hydroxylation sites is 1. The molecule has 0 aromatic heterocycles. The standard InChI is InChI=1S/C17H18N2OS/c1-2-11-21-16-6-4-3-5-15(16)19-17(20)14-9-7-13(12-18)8-10-14/h2-10H,1,11-12,18H2,(H,19,20). The van der Waals surface area contributed by atoms with Crippen molar-refractivity contribution in [3.8, 4) is 0 Å². The van der Waals surface area contributed by atoms with Gasteiger partial charge in [-0.15, -0.1) is 18.3 Å². The van der Waals surface area contributed by atoms with Crippen LogP contribution in [0, 0.1) is 0 Å². The van der Waals surface area contributed by atoms with Crippen LogP contribution in [0.15, 0.2) is 66.1 Å². The van der Waals surface area contributed by atoms with Gasteiger partial charge in [0.1, 0.15) is 0 Å². The minimum atomic E-state index is -0.120. The molecule has 2 rings (SSSR count). The van der Waals surface area contributed by atoms with Crippen LogP contribution >= 0.6 is 11.8 Å². The van der Waals surface area contributed by atoms with Crippen LogP contribution in [0.4, 0.5) is 5.69 Å². The summed E-state index contributed by atoms with van der Waals surface area (Å²) in [6.45, 7) is 4.19. The van der Waals surface area contributed by atoms with Crippen LogP contribution in [0.1, 0.15) is 15.9 Å². The van der Waals surface area contributed by atoms with Gasteiger partial charge in [-0.3, -0.25) is 4.79 Å². The lowest BCUT2D eigenvalue weighted by molar-refractivity contribution is 0.102. The zero-order valence-electron chi connectivity index (χ0n) is 11.7. The molecule has 3 N–H and O–H groups in total.